The maximum absolute atomic E-state index is 8.81. The van der Waals surface area contributed by atoms with Crippen molar-refractivity contribution >= 4 is 33.0 Å². The number of nitrogens with one attached hydrogen (secondary N) is 2. The molecule has 5 heterocycles. The molecule has 144 valence electrons. The number of H-pyrrole nitrogens is 2. The Morgan fingerprint density at radius 1 is 0.643 bits per heavy atom. The Morgan fingerprint density at radius 2 is 0.893 bits per heavy atom. The van der Waals surface area contributed by atoms with Crippen LogP contribution in [0.3, 0.4) is 0 Å². The molecule has 0 radical (unpaired) electrons. The lowest BCUT2D eigenvalue weighted by Crippen LogP contribution is -1.85. The van der Waals surface area contributed by atoms with Crippen molar-refractivity contribution in [1.29, 1.82) is 0 Å². The molecule has 3 aromatic rings. The summed E-state index contributed by atoms with van der Waals surface area (Å²) >= 11 is 0. The van der Waals surface area contributed by atoms with Gasteiger partial charge in [0.1, 0.15) is 0 Å². The lowest BCUT2D eigenvalue weighted by Gasteiger charge is -1.85. The van der Waals surface area contributed by atoms with Crippen LogP contribution >= 0.6 is 0 Å². The molecule has 8 heteroatoms. The van der Waals surface area contributed by atoms with Crippen LogP contribution in [0.5, 0.6) is 0 Å². The standard InChI is InChI=1S/C20H18N4.H3NO2S/c1-2-14-10-16-5-6-18(23-16)12-20-8-7-19(24-20)11-17-4-3-15(22-17)9-13(1)21-14;1-4(2)3/h1-2,7-12,21,24H,3-6H2;4H,(H2,1,2,3). The van der Waals surface area contributed by atoms with Crippen LogP contribution in [0.15, 0.2) is 48.5 Å². The molecule has 2 aliphatic rings. The number of thiol groups is 1. The molecule has 8 bridgehead atoms. The van der Waals surface area contributed by atoms with Gasteiger partial charge in [-0.25, -0.2) is 13.6 Å². The highest BCUT2D eigenvalue weighted by Gasteiger charge is 2.07. The van der Waals surface area contributed by atoms with Gasteiger partial charge in [0.25, 0.3) is 0 Å². The Hall–Kier alpha value is -2.97. The van der Waals surface area contributed by atoms with E-state index in [1.807, 2.05) is 0 Å². The molecular formula is C20H21N5O2S. The van der Waals surface area contributed by atoms with Crippen LogP contribution in [-0.4, -0.2) is 28.4 Å². The van der Waals surface area contributed by atoms with Gasteiger partial charge in [-0.1, -0.05) is 0 Å². The van der Waals surface area contributed by atoms with E-state index in [0.29, 0.717) is 0 Å². The minimum Gasteiger partial charge on any atom is -0.355 e. The number of fused-ring (bicyclic) bond motifs is 8. The van der Waals surface area contributed by atoms with Crippen molar-refractivity contribution in [3.8, 4) is 0 Å². The van der Waals surface area contributed by atoms with E-state index >= 15 is 0 Å². The molecule has 7 nitrogen and oxygen atoms in total. The smallest absolute Gasteiger partial charge is 0.198 e. The lowest BCUT2D eigenvalue weighted by atomic mass is 10.2. The fourth-order valence-electron chi connectivity index (χ4n) is 3.44. The molecule has 0 amide bonds. The zero-order valence-electron chi connectivity index (χ0n) is 15.2. The molecule has 0 aliphatic carbocycles. The maximum Gasteiger partial charge on any atom is 0.198 e. The molecule has 0 saturated heterocycles. The van der Waals surface area contributed by atoms with Gasteiger partial charge in [-0.2, -0.15) is 0 Å². The van der Waals surface area contributed by atoms with E-state index in [-0.39, 0.29) is 0 Å². The molecule has 0 atom stereocenters. The predicted octanol–water partition coefficient (Wildman–Crippen LogP) is 2.36. The second kappa shape index (κ2) is 7.95. The summed E-state index contributed by atoms with van der Waals surface area (Å²) in [7, 11) is -2.62. The van der Waals surface area contributed by atoms with Crippen molar-refractivity contribution in [2.45, 2.75) is 25.7 Å². The molecule has 0 spiro atoms. The Kier molecular flexibility index (Phi) is 5.23. The highest BCUT2D eigenvalue weighted by Crippen LogP contribution is 2.16. The van der Waals surface area contributed by atoms with Gasteiger partial charge in [0.2, 0.25) is 0 Å². The van der Waals surface area contributed by atoms with Crippen molar-refractivity contribution in [1.82, 2.24) is 19.9 Å². The molecule has 3 aromatic heterocycles. The first-order chi connectivity index (χ1) is 13.5. The van der Waals surface area contributed by atoms with Gasteiger partial charge < -0.3 is 9.97 Å². The SMILES string of the molecule is N[SH](=O)=O.c1cc2cc3nc(cc4ccc(cc5nc(cc1[nH]2)CC5)[nH]4)CC3. The van der Waals surface area contributed by atoms with Crippen molar-refractivity contribution in [2.75, 3.05) is 0 Å². The molecular weight excluding hydrogens is 374 g/mol. The van der Waals surface area contributed by atoms with Gasteiger partial charge in [0.05, 0.1) is 0 Å². The zero-order chi connectivity index (χ0) is 19.5. The van der Waals surface area contributed by atoms with Gasteiger partial charge in [-0.05, 0) is 74.2 Å². The van der Waals surface area contributed by atoms with Gasteiger partial charge >= 0.3 is 0 Å². The Bertz CT molecular complexity index is 1070. The van der Waals surface area contributed by atoms with Gasteiger partial charge in [0, 0.05) is 44.8 Å². The van der Waals surface area contributed by atoms with Crippen LogP contribution in [0.2, 0.25) is 0 Å². The summed E-state index contributed by atoms with van der Waals surface area (Å²) in [6.07, 6.45) is 3.98. The number of rotatable bonds is 0. The molecule has 4 N–H and O–H groups in total. The fraction of sp³-hybridized carbons (Fsp3) is 0.200. The van der Waals surface area contributed by atoms with Crippen LogP contribution in [0.1, 0.15) is 22.8 Å². The fourth-order valence-corrected chi connectivity index (χ4v) is 3.44. The van der Waals surface area contributed by atoms with Crippen LogP contribution in [0, 0.1) is 0 Å². The van der Waals surface area contributed by atoms with E-state index < -0.39 is 10.9 Å². The lowest BCUT2D eigenvalue weighted by molar-refractivity contribution is 0.616. The Balaban J connectivity index is 0.000000442. The monoisotopic (exact) mass is 395 g/mol. The summed E-state index contributed by atoms with van der Waals surface area (Å²) in [5.41, 5.74) is 8.94. The number of aromatic amines is 2. The van der Waals surface area contributed by atoms with Gasteiger partial charge in [-0.3, -0.25) is 9.97 Å². The van der Waals surface area contributed by atoms with E-state index in [1.54, 1.807) is 0 Å². The summed E-state index contributed by atoms with van der Waals surface area (Å²) in [5.74, 6) is 0. The average Bonchev–Trinajstić information content (AvgIpc) is 3.39. The summed E-state index contributed by atoms with van der Waals surface area (Å²) in [4.78, 5) is 16.4. The van der Waals surface area contributed by atoms with Crippen LogP contribution in [0.4, 0.5) is 0 Å². The Morgan fingerprint density at radius 3 is 1.14 bits per heavy atom. The van der Waals surface area contributed by atoms with Gasteiger partial charge in [-0.15, -0.1) is 0 Å². The number of hydrogen-bond donors (Lipinski definition) is 4. The van der Waals surface area contributed by atoms with Crippen molar-refractivity contribution in [3.63, 3.8) is 0 Å². The van der Waals surface area contributed by atoms with E-state index in [4.69, 9.17) is 18.4 Å². The number of aryl methyl sites for hydroxylation is 4. The maximum atomic E-state index is 8.81. The third-order valence-electron chi connectivity index (χ3n) is 4.60. The molecule has 0 fully saturated rings. The summed E-state index contributed by atoms with van der Waals surface area (Å²) < 4.78 is 17.6. The highest BCUT2D eigenvalue weighted by atomic mass is 32.2. The Labute approximate surface area is 163 Å². The topological polar surface area (TPSA) is 118 Å². The van der Waals surface area contributed by atoms with E-state index in [2.05, 4.69) is 63.6 Å². The van der Waals surface area contributed by atoms with Crippen molar-refractivity contribution in [2.24, 2.45) is 5.14 Å². The summed E-state index contributed by atoms with van der Waals surface area (Å²) in [5, 5.41) is 4.06. The number of nitrogens with two attached hydrogens (primary N) is 1. The number of nitrogens with zero attached hydrogens (tertiary/aromatic N) is 2. The average molecular weight is 395 g/mol. The quantitative estimate of drug-likeness (QED) is 0.437. The summed E-state index contributed by atoms with van der Waals surface area (Å²) in [6.45, 7) is 0. The number of aromatic nitrogens is 4. The van der Waals surface area contributed by atoms with Crippen molar-refractivity contribution < 1.29 is 8.42 Å². The molecule has 28 heavy (non-hydrogen) atoms. The van der Waals surface area contributed by atoms with Crippen LogP contribution in [0.25, 0.3) is 22.1 Å². The third kappa shape index (κ3) is 4.65. The zero-order valence-corrected chi connectivity index (χ0v) is 16.1. The first-order valence-corrected chi connectivity index (χ1v) is 10.3. The number of hydrogen-bond acceptors (Lipinski definition) is 4. The van der Waals surface area contributed by atoms with Gasteiger partial charge in [0.15, 0.2) is 10.9 Å². The predicted molar refractivity (Wildman–Crippen MR) is 110 cm³/mol. The second-order valence-electron chi connectivity index (χ2n) is 6.79. The minimum atomic E-state index is -2.62. The summed E-state index contributed by atoms with van der Waals surface area (Å²) in [6, 6.07) is 17.0. The van der Waals surface area contributed by atoms with Crippen molar-refractivity contribution in [3.05, 3.63) is 71.3 Å². The molecule has 0 unspecified atom stereocenters. The normalized spacial score (nSPS) is 13.2. The molecule has 5 rings (SSSR count). The molecule has 0 aromatic carbocycles. The van der Waals surface area contributed by atoms with E-state index in [0.717, 1.165) is 70.5 Å². The second-order valence-corrected chi connectivity index (χ2v) is 7.36. The molecule has 0 saturated carbocycles. The first kappa shape index (κ1) is 18.4. The largest absolute Gasteiger partial charge is 0.355 e. The third-order valence-corrected chi connectivity index (χ3v) is 4.60. The first-order valence-electron chi connectivity index (χ1n) is 9.06. The van der Waals surface area contributed by atoms with Crippen LogP contribution < -0.4 is 5.14 Å². The minimum absolute atomic E-state index is 0.994. The highest BCUT2D eigenvalue weighted by molar-refractivity contribution is 7.69. The van der Waals surface area contributed by atoms with Crippen LogP contribution in [-0.2, 0) is 36.6 Å². The van der Waals surface area contributed by atoms with E-state index in [9.17, 15) is 0 Å². The molecule has 2 aliphatic heterocycles. The van der Waals surface area contributed by atoms with E-state index in [1.165, 1.54) is 0 Å².